The molecule has 3 aliphatic carbocycles. The predicted octanol–water partition coefficient (Wildman–Crippen LogP) is 12.3. The number of fused-ring (bicyclic) bond motifs is 27. The van der Waals surface area contributed by atoms with Crippen LogP contribution in [-0.4, -0.2) is 20.4 Å². The second kappa shape index (κ2) is 12.9. The molecule has 4 aliphatic heterocycles. The van der Waals surface area contributed by atoms with E-state index < -0.39 is 28.7 Å². The summed E-state index contributed by atoms with van der Waals surface area (Å²) >= 11 is -0.967. The Morgan fingerprint density at radius 2 is 0.750 bits per heavy atom. The van der Waals surface area contributed by atoms with Gasteiger partial charge < -0.3 is 0 Å². The van der Waals surface area contributed by atoms with Crippen molar-refractivity contribution in [2.75, 3.05) is 19.6 Å². The molecule has 0 radical (unpaired) electrons. The average molecular weight is 1010 g/mol. The van der Waals surface area contributed by atoms with E-state index in [0.29, 0.717) is 0 Å². The van der Waals surface area contributed by atoms with Gasteiger partial charge in [-0.25, -0.2) is 0 Å². The summed E-state index contributed by atoms with van der Waals surface area (Å²) in [5.41, 5.74) is 16.6. The van der Waals surface area contributed by atoms with Crippen molar-refractivity contribution in [1.29, 1.82) is 0 Å². The topological polar surface area (TPSA) is 22.2 Å². The zero-order valence-electron chi connectivity index (χ0n) is 35.0. The number of hydrogen-bond acceptors (Lipinski definition) is 5. The zero-order valence-corrected chi connectivity index (χ0v) is 37.2. The Morgan fingerprint density at radius 1 is 0.391 bits per heavy atom. The van der Waals surface area contributed by atoms with Crippen molar-refractivity contribution in [2.24, 2.45) is 0 Å². The number of nitrogens with zero attached hydrogens (tertiary/aromatic N) is 4. The fourth-order valence-electron chi connectivity index (χ4n) is 12.9. The zero-order chi connectivity index (χ0) is 41.7. The Kier molecular flexibility index (Phi) is 7.18. The summed E-state index contributed by atoms with van der Waals surface area (Å²) in [5.74, 6) is 1.66. The van der Waals surface area contributed by atoms with Gasteiger partial charge in [0.1, 0.15) is 0 Å². The first-order valence-corrected chi connectivity index (χ1v) is 25.0. The molecule has 0 aromatic heterocycles. The van der Waals surface area contributed by atoms with E-state index in [9.17, 15) is 0 Å². The van der Waals surface area contributed by atoms with E-state index in [1.807, 2.05) is 0 Å². The number of anilines is 4. The van der Waals surface area contributed by atoms with Gasteiger partial charge >= 0.3 is 383 Å². The molecule has 4 heterocycles. The Balaban J connectivity index is 1.17. The average Bonchev–Trinajstić information content (AvgIpc) is 4.01. The van der Waals surface area contributed by atoms with E-state index in [4.69, 9.17) is 4.74 Å². The molecule has 0 amide bonds. The Hall–Kier alpha value is -6.81. The fourth-order valence-corrected chi connectivity index (χ4v) is 17.0. The first-order valence-electron chi connectivity index (χ1n) is 22.7. The van der Waals surface area contributed by atoms with Gasteiger partial charge in [-0.15, -0.1) is 0 Å². The standard InChI is InChI=1S/C58H42N4O.Pt/c1-5-25-47-43(21-1)44-22-2-6-26-48(44)57(47)39-17-15-19-41(35-39)63-42-20-16-18-40(36-42)58(49-27-7-3-23-45(49)46-24-4-8-28-50(46)58)62-38-60(54-32-12-14-34-56(54)62)52-30-10-9-29-51(52)59-37-61(57)55-33-13-11-31-53(55)59;/h1-8,11-28,31-36,51-52H,9-10,29-30H2;. The minimum absolute atomic E-state index is 0.275. The molecule has 8 aromatic carbocycles. The molecule has 15 rings (SSSR count). The molecule has 6 heteroatoms. The van der Waals surface area contributed by atoms with Gasteiger partial charge in [-0.05, 0) is 0 Å². The molecule has 64 heavy (non-hydrogen) atoms. The number of rotatable bonds is 0. The van der Waals surface area contributed by atoms with Crippen LogP contribution in [0.5, 0.6) is 11.5 Å². The van der Waals surface area contributed by atoms with Crippen molar-refractivity contribution in [3.8, 4) is 33.8 Å². The van der Waals surface area contributed by atoms with Crippen LogP contribution in [0.2, 0.25) is 0 Å². The normalized spacial score (nSPS) is 20.5. The molecular formula is C58H42N4OPt. The fraction of sp³-hybridized carbons (Fsp3) is 0.138. The second-order valence-corrected chi connectivity index (χ2v) is 20.7. The van der Waals surface area contributed by atoms with Gasteiger partial charge in [0, 0.05) is 0 Å². The van der Waals surface area contributed by atoms with E-state index >= 15 is 0 Å². The van der Waals surface area contributed by atoms with E-state index in [0.717, 1.165) is 24.3 Å². The molecule has 5 nitrogen and oxygen atoms in total. The van der Waals surface area contributed by atoms with Crippen LogP contribution in [0.15, 0.2) is 194 Å². The second-order valence-electron chi connectivity index (χ2n) is 18.1. The maximum absolute atomic E-state index is 7.19. The Bertz CT molecular complexity index is 3090. The van der Waals surface area contributed by atoms with Gasteiger partial charge in [0.25, 0.3) is 0 Å². The van der Waals surface area contributed by atoms with E-state index in [1.54, 1.807) is 0 Å². The SMILES string of the molecule is c1cc2cc(c1)C1(c3ccccc3-c3ccccc31)N1[C]3=[Pt]=[C]4N(c5ccccc5N4C4(c5cccc(c5)O2)c2ccccc2-c2ccccc24)C2CCCCC2N3c2ccccc21. The maximum atomic E-state index is 7.19. The molecule has 2 unspecified atom stereocenters. The monoisotopic (exact) mass is 1010 g/mol. The third-order valence-electron chi connectivity index (χ3n) is 15.2. The molecule has 6 bridgehead atoms. The van der Waals surface area contributed by atoms with Gasteiger partial charge in [-0.2, -0.15) is 0 Å². The summed E-state index contributed by atoms with van der Waals surface area (Å²) in [6, 6.07) is 74.2. The van der Waals surface area contributed by atoms with Crippen molar-refractivity contribution >= 4 is 31.0 Å². The molecular weight excluding hydrogens is 964 g/mol. The van der Waals surface area contributed by atoms with E-state index in [1.165, 1.54) is 99.5 Å². The van der Waals surface area contributed by atoms with Crippen molar-refractivity contribution in [3.05, 3.63) is 228 Å². The summed E-state index contributed by atoms with van der Waals surface area (Å²) < 4.78 is 10.1. The number of hydrogen-bond donors (Lipinski definition) is 0. The van der Waals surface area contributed by atoms with E-state index in [-0.39, 0.29) is 12.1 Å². The predicted molar refractivity (Wildman–Crippen MR) is 255 cm³/mol. The summed E-state index contributed by atoms with van der Waals surface area (Å²) in [6.07, 6.45) is 4.70. The molecule has 8 aromatic rings. The summed E-state index contributed by atoms with van der Waals surface area (Å²) in [7, 11) is 0. The quantitative estimate of drug-likeness (QED) is 0.151. The molecule has 7 aliphatic rings. The van der Waals surface area contributed by atoms with Gasteiger partial charge in [-0.1, -0.05) is 0 Å². The van der Waals surface area contributed by atoms with Crippen molar-refractivity contribution in [3.63, 3.8) is 0 Å². The van der Waals surface area contributed by atoms with Crippen LogP contribution < -0.4 is 24.3 Å². The van der Waals surface area contributed by atoms with Crippen molar-refractivity contribution in [2.45, 2.75) is 48.8 Å². The summed E-state index contributed by atoms with van der Waals surface area (Å²) in [5, 5.41) is 0. The van der Waals surface area contributed by atoms with Crippen LogP contribution >= 0.6 is 0 Å². The van der Waals surface area contributed by atoms with Gasteiger partial charge in [0.2, 0.25) is 0 Å². The van der Waals surface area contributed by atoms with Gasteiger partial charge in [0.05, 0.1) is 0 Å². The summed E-state index contributed by atoms with van der Waals surface area (Å²) in [4.78, 5) is 11.4. The van der Waals surface area contributed by atoms with Crippen LogP contribution in [0.4, 0.5) is 22.7 Å². The van der Waals surface area contributed by atoms with Crippen LogP contribution in [0.1, 0.15) is 59.1 Å². The number of benzene rings is 8. The molecule has 2 spiro atoms. The van der Waals surface area contributed by atoms with Gasteiger partial charge in [0.15, 0.2) is 0 Å². The Morgan fingerprint density at radius 3 is 1.16 bits per heavy atom. The molecule has 1 saturated carbocycles. The number of para-hydroxylation sites is 4. The third-order valence-corrected chi connectivity index (χ3v) is 18.4. The first kappa shape index (κ1) is 35.6. The molecule has 1 fully saturated rings. The molecule has 0 saturated heterocycles. The van der Waals surface area contributed by atoms with Crippen LogP contribution in [0.25, 0.3) is 22.3 Å². The van der Waals surface area contributed by atoms with Crippen LogP contribution in [-0.2, 0) is 28.7 Å². The van der Waals surface area contributed by atoms with Crippen molar-refractivity contribution in [1.82, 2.24) is 0 Å². The molecule has 310 valence electrons. The van der Waals surface area contributed by atoms with Crippen LogP contribution in [0, 0.1) is 0 Å². The summed E-state index contributed by atoms with van der Waals surface area (Å²) in [6.45, 7) is 0. The van der Waals surface area contributed by atoms with Crippen LogP contribution in [0.3, 0.4) is 0 Å². The number of ether oxygens (including phenoxy) is 1. The van der Waals surface area contributed by atoms with E-state index in [2.05, 4.69) is 214 Å². The van der Waals surface area contributed by atoms with Crippen molar-refractivity contribution < 1.29 is 22.4 Å². The molecule has 2 atom stereocenters. The third kappa shape index (κ3) is 4.30. The molecule has 0 N–H and O–H groups in total. The first-order chi connectivity index (χ1) is 31.8. The Labute approximate surface area is 381 Å². The minimum atomic E-state index is -0.967. The van der Waals surface area contributed by atoms with Gasteiger partial charge in [-0.3, -0.25) is 0 Å².